The quantitative estimate of drug-likeness (QED) is 0.815. The molecule has 1 aliphatic rings. The molecule has 21 heavy (non-hydrogen) atoms. The van der Waals surface area contributed by atoms with E-state index in [0.717, 1.165) is 4.47 Å². The van der Waals surface area contributed by atoms with Gasteiger partial charge in [-0.05, 0) is 25.1 Å². The first kappa shape index (κ1) is 16.2. The van der Waals surface area contributed by atoms with Crippen molar-refractivity contribution in [3.05, 3.63) is 28.2 Å². The molecule has 5 nitrogen and oxygen atoms in total. The lowest BCUT2D eigenvalue weighted by atomic mass is 10.2. The summed E-state index contributed by atoms with van der Waals surface area (Å²) in [6, 6.07) is 5.36. The first-order valence-corrected chi connectivity index (χ1v) is 7.81. The van der Waals surface area contributed by atoms with Gasteiger partial charge in [0.05, 0.1) is 18.8 Å². The van der Waals surface area contributed by atoms with E-state index in [0.29, 0.717) is 37.6 Å². The van der Waals surface area contributed by atoms with Gasteiger partial charge in [0.1, 0.15) is 10.7 Å². The Hall–Kier alpha value is -1.18. The number of nitrogens with two attached hydrogens (primary N) is 1. The fourth-order valence-corrected chi connectivity index (χ4v) is 2.60. The summed E-state index contributed by atoms with van der Waals surface area (Å²) >= 11 is 8.38. The van der Waals surface area contributed by atoms with E-state index in [1.165, 1.54) is 0 Å². The molecule has 1 fully saturated rings. The number of rotatable bonds is 4. The minimum atomic E-state index is -0.600. The van der Waals surface area contributed by atoms with Gasteiger partial charge in [-0.25, -0.2) is 0 Å². The van der Waals surface area contributed by atoms with E-state index in [4.69, 9.17) is 27.4 Å². The molecule has 0 aromatic heterocycles. The Labute approximate surface area is 137 Å². The molecule has 1 heterocycles. The fraction of sp³-hybridized carbons (Fsp3) is 0.429. The van der Waals surface area contributed by atoms with Crippen LogP contribution < -0.4 is 10.5 Å². The predicted molar refractivity (Wildman–Crippen MR) is 87.5 cm³/mol. The number of benzene rings is 1. The molecule has 0 saturated carbocycles. The zero-order valence-corrected chi connectivity index (χ0v) is 14.1. The fourth-order valence-electron chi connectivity index (χ4n) is 2.08. The molecule has 2 rings (SSSR count). The Morgan fingerprint density at radius 2 is 2.14 bits per heavy atom. The number of nitrogens with zero attached hydrogens (tertiary/aromatic N) is 1. The van der Waals surface area contributed by atoms with Crippen molar-refractivity contribution in [3.8, 4) is 5.75 Å². The zero-order chi connectivity index (χ0) is 15.4. The average molecular weight is 373 g/mol. The summed E-state index contributed by atoms with van der Waals surface area (Å²) in [6.07, 6.45) is -0.600. The molecule has 1 aromatic carbocycles. The molecule has 0 spiro atoms. The van der Waals surface area contributed by atoms with Crippen molar-refractivity contribution in [2.75, 3.05) is 26.3 Å². The number of amides is 1. The minimum absolute atomic E-state index is 0.0601. The lowest BCUT2D eigenvalue weighted by Crippen LogP contribution is -2.46. The van der Waals surface area contributed by atoms with Crippen LogP contribution in [0.1, 0.15) is 12.5 Å². The van der Waals surface area contributed by atoms with Gasteiger partial charge in [-0.1, -0.05) is 28.1 Å². The second-order valence-electron chi connectivity index (χ2n) is 4.70. The summed E-state index contributed by atoms with van der Waals surface area (Å²) in [6.45, 7) is 4.04. The molecule has 1 unspecified atom stereocenters. The molecule has 1 amide bonds. The number of morpholine rings is 1. The van der Waals surface area contributed by atoms with Crippen molar-refractivity contribution in [2.24, 2.45) is 5.73 Å². The number of ether oxygens (including phenoxy) is 2. The average Bonchev–Trinajstić information content (AvgIpc) is 2.49. The first-order chi connectivity index (χ1) is 9.99. The van der Waals surface area contributed by atoms with Crippen molar-refractivity contribution in [3.63, 3.8) is 0 Å². The Morgan fingerprint density at radius 1 is 1.48 bits per heavy atom. The van der Waals surface area contributed by atoms with Crippen LogP contribution in [-0.2, 0) is 9.53 Å². The molecule has 0 radical (unpaired) electrons. The van der Waals surface area contributed by atoms with Crippen LogP contribution >= 0.6 is 28.1 Å². The van der Waals surface area contributed by atoms with Crippen LogP contribution in [0.3, 0.4) is 0 Å². The molecular formula is C14H17BrN2O3S. The van der Waals surface area contributed by atoms with Gasteiger partial charge in [0, 0.05) is 17.6 Å². The first-order valence-electron chi connectivity index (χ1n) is 6.61. The van der Waals surface area contributed by atoms with Gasteiger partial charge >= 0.3 is 0 Å². The van der Waals surface area contributed by atoms with Crippen LogP contribution in [0.4, 0.5) is 0 Å². The second-order valence-corrected chi connectivity index (χ2v) is 6.06. The van der Waals surface area contributed by atoms with E-state index < -0.39 is 6.10 Å². The van der Waals surface area contributed by atoms with E-state index in [1.807, 2.05) is 6.07 Å². The van der Waals surface area contributed by atoms with Crippen LogP contribution in [0.2, 0.25) is 0 Å². The summed E-state index contributed by atoms with van der Waals surface area (Å²) in [5.74, 6) is 0.454. The third kappa shape index (κ3) is 4.15. The van der Waals surface area contributed by atoms with Gasteiger partial charge in [0.2, 0.25) is 0 Å². The Morgan fingerprint density at radius 3 is 2.76 bits per heavy atom. The number of hydrogen-bond acceptors (Lipinski definition) is 4. The van der Waals surface area contributed by atoms with Crippen LogP contribution in [0.5, 0.6) is 5.75 Å². The maximum atomic E-state index is 12.3. The van der Waals surface area contributed by atoms with Crippen LogP contribution in [0.25, 0.3) is 0 Å². The summed E-state index contributed by atoms with van der Waals surface area (Å²) in [4.78, 5) is 14.3. The highest BCUT2D eigenvalue weighted by Gasteiger charge is 2.24. The molecule has 1 saturated heterocycles. The van der Waals surface area contributed by atoms with Crippen LogP contribution in [-0.4, -0.2) is 48.2 Å². The smallest absolute Gasteiger partial charge is 0.263 e. The van der Waals surface area contributed by atoms with Gasteiger partial charge in [-0.2, -0.15) is 0 Å². The third-order valence-electron chi connectivity index (χ3n) is 3.18. The number of carbonyl (C=O) groups is 1. The van der Waals surface area contributed by atoms with Crippen LogP contribution in [0.15, 0.2) is 22.7 Å². The van der Waals surface area contributed by atoms with Gasteiger partial charge < -0.3 is 20.1 Å². The summed E-state index contributed by atoms with van der Waals surface area (Å²) in [5.41, 5.74) is 6.31. The molecule has 1 atom stereocenters. The summed E-state index contributed by atoms with van der Waals surface area (Å²) in [7, 11) is 0. The molecule has 1 aromatic rings. The normalized spacial score (nSPS) is 16.4. The number of halogens is 1. The second kappa shape index (κ2) is 7.20. The van der Waals surface area contributed by atoms with E-state index in [9.17, 15) is 4.79 Å². The summed E-state index contributed by atoms with van der Waals surface area (Å²) in [5, 5.41) is 0. The van der Waals surface area contributed by atoms with E-state index >= 15 is 0 Å². The van der Waals surface area contributed by atoms with Gasteiger partial charge in [0.15, 0.2) is 6.10 Å². The lowest BCUT2D eigenvalue weighted by molar-refractivity contribution is -0.142. The highest BCUT2D eigenvalue weighted by molar-refractivity contribution is 9.10. The van der Waals surface area contributed by atoms with Gasteiger partial charge in [0.25, 0.3) is 5.91 Å². The number of hydrogen-bond donors (Lipinski definition) is 1. The molecule has 7 heteroatoms. The number of thiocarbonyl (C=S) groups is 1. The maximum absolute atomic E-state index is 12.3. The predicted octanol–water partition coefficient (Wildman–Crippen LogP) is 1.71. The van der Waals surface area contributed by atoms with Gasteiger partial charge in [-0.3, -0.25) is 4.79 Å². The van der Waals surface area contributed by atoms with E-state index in [2.05, 4.69) is 15.9 Å². The molecule has 0 aliphatic carbocycles. The highest BCUT2D eigenvalue weighted by atomic mass is 79.9. The Kier molecular flexibility index (Phi) is 5.55. The molecule has 1 aliphatic heterocycles. The summed E-state index contributed by atoms with van der Waals surface area (Å²) < 4.78 is 11.8. The molecular weight excluding hydrogens is 356 g/mol. The largest absolute Gasteiger partial charge is 0.480 e. The molecule has 114 valence electrons. The Balaban J connectivity index is 2.10. The molecule has 0 bridgehead atoms. The van der Waals surface area contributed by atoms with Gasteiger partial charge in [-0.15, -0.1) is 0 Å². The van der Waals surface area contributed by atoms with E-state index in [-0.39, 0.29) is 10.9 Å². The van der Waals surface area contributed by atoms with Crippen molar-refractivity contribution >= 4 is 39.0 Å². The monoisotopic (exact) mass is 372 g/mol. The number of carbonyl (C=O) groups excluding carboxylic acids is 1. The van der Waals surface area contributed by atoms with Crippen molar-refractivity contribution < 1.29 is 14.3 Å². The van der Waals surface area contributed by atoms with E-state index in [1.54, 1.807) is 24.0 Å². The zero-order valence-electron chi connectivity index (χ0n) is 11.7. The van der Waals surface area contributed by atoms with Crippen LogP contribution in [0, 0.1) is 0 Å². The minimum Gasteiger partial charge on any atom is -0.480 e. The SMILES string of the molecule is CC(Oc1ccc(Br)cc1C(N)=S)C(=O)N1CCOCC1. The third-order valence-corrected chi connectivity index (χ3v) is 3.89. The maximum Gasteiger partial charge on any atom is 0.263 e. The van der Waals surface area contributed by atoms with Crippen molar-refractivity contribution in [1.82, 2.24) is 4.90 Å². The topological polar surface area (TPSA) is 64.8 Å². The Bertz CT molecular complexity index is 547. The van der Waals surface area contributed by atoms with Crippen molar-refractivity contribution in [2.45, 2.75) is 13.0 Å². The highest BCUT2D eigenvalue weighted by Crippen LogP contribution is 2.24. The lowest BCUT2D eigenvalue weighted by Gasteiger charge is -2.29. The van der Waals surface area contributed by atoms with Crippen molar-refractivity contribution in [1.29, 1.82) is 0 Å². The molecule has 2 N–H and O–H groups in total. The standard InChI is InChI=1S/C14H17BrN2O3S/c1-9(14(18)17-4-6-19-7-5-17)20-12-3-2-10(15)8-11(12)13(16)21/h2-3,8-9H,4-7H2,1H3,(H2,16,21).